The summed E-state index contributed by atoms with van der Waals surface area (Å²) in [6.45, 7) is 29.4. The Bertz CT molecular complexity index is 5600. The number of carbonyl (C=O) groups is 2. The summed E-state index contributed by atoms with van der Waals surface area (Å²) in [4.78, 5) is 36.6. The SMILES string of the molecule is C=S(C)(=O)Nc1ccccc1-c1[nH]ncc1CN(C)CCCC.CCCCN(C)Cc1cn[nH]c1-c1cccc(C(=O)NCC)c1.CCCCN(C)Cc1cn[nH]c1-c1cccc(NC(C)=O)c1.CCCCN(C)Cc1cn[nH]c1-c1cccc(OC(F)(F)F)c1.CCCCN(C)Cc1cn[nH]c1-c1ccccc1C(C)(F)F.CCCCN(C)Cc1cn[nH]c1-c1ccccc1OC(C)(F)F. The fourth-order valence-electron chi connectivity index (χ4n) is 14.8. The molecule has 0 saturated carbocycles. The van der Waals surface area contributed by atoms with E-state index in [-0.39, 0.29) is 28.9 Å². The molecule has 34 heteroatoms. The zero-order chi connectivity index (χ0) is 99.4. The third-order valence-electron chi connectivity index (χ3n) is 21.5. The molecule has 2 amide bonds. The van der Waals surface area contributed by atoms with E-state index in [1.165, 1.54) is 81.3 Å². The van der Waals surface area contributed by atoms with Crippen molar-refractivity contribution in [3.05, 3.63) is 227 Å². The van der Waals surface area contributed by atoms with Gasteiger partial charge in [-0.25, -0.2) is 13.0 Å². The Labute approximate surface area is 799 Å². The Balaban J connectivity index is 0.000000222. The predicted molar refractivity (Wildman–Crippen MR) is 536 cm³/mol. The second kappa shape index (κ2) is 56.7. The van der Waals surface area contributed by atoms with Gasteiger partial charge >= 0.3 is 12.5 Å². The van der Waals surface area contributed by atoms with Gasteiger partial charge in [0.15, 0.2) is 0 Å². The van der Waals surface area contributed by atoms with Gasteiger partial charge in [-0.05, 0) is 187 Å². The number of aromatic nitrogens is 12. The highest BCUT2D eigenvalue weighted by Crippen LogP contribution is 2.39. The molecule has 0 spiro atoms. The molecule has 12 aromatic rings. The van der Waals surface area contributed by atoms with E-state index in [9.17, 15) is 44.5 Å². The number of nitrogens with zero attached hydrogens (tertiary/aromatic N) is 12. The van der Waals surface area contributed by atoms with Gasteiger partial charge in [0.05, 0.1) is 77.0 Å². The Kier molecular flexibility index (Phi) is 46.3. The number of ether oxygens (including phenoxy) is 2. The van der Waals surface area contributed by atoms with Crippen molar-refractivity contribution in [2.45, 2.75) is 204 Å². The molecule has 136 heavy (non-hydrogen) atoms. The number of nitrogens with one attached hydrogen (secondary N) is 9. The van der Waals surface area contributed by atoms with Gasteiger partial charge in [-0.1, -0.05) is 171 Å². The van der Waals surface area contributed by atoms with Crippen LogP contribution in [0.2, 0.25) is 0 Å². The molecule has 0 radical (unpaired) electrons. The summed E-state index contributed by atoms with van der Waals surface area (Å²) in [5.41, 5.74) is 18.3. The first-order valence-corrected chi connectivity index (χ1v) is 48.7. The fraction of sp³-hybridized carbons (Fsp3) is 0.441. The molecule has 0 aliphatic heterocycles. The zero-order valence-electron chi connectivity index (χ0n) is 82.2. The van der Waals surface area contributed by atoms with Crippen molar-refractivity contribution in [3.63, 3.8) is 0 Å². The van der Waals surface area contributed by atoms with Crippen molar-refractivity contribution in [3.8, 4) is 79.0 Å². The van der Waals surface area contributed by atoms with Crippen LogP contribution in [0.4, 0.5) is 42.1 Å². The van der Waals surface area contributed by atoms with E-state index < -0.39 is 28.1 Å². The lowest BCUT2D eigenvalue weighted by Gasteiger charge is -2.18. The van der Waals surface area contributed by atoms with Gasteiger partial charge in [0, 0.05) is 166 Å². The minimum Gasteiger partial charge on any atom is -0.432 e. The van der Waals surface area contributed by atoms with Crippen LogP contribution in [0.1, 0.15) is 196 Å². The maximum absolute atomic E-state index is 13.8. The minimum absolute atomic E-state index is 0.0247. The number of rotatable bonds is 45. The van der Waals surface area contributed by atoms with Crippen LogP contribution in [0.25, 0.3) is 67.5 Å². The lowest BCUT2D eigenvalue weighted by Crippen LogP contribution is -2.22. The minimum atomic E-state index is -4.70. The average Bonchev–Trinajstić information content (AvgIpc) is 1.52. The van der Waals surface area contributed by atoms with E-state index in [1.54, 1.807) is 67.3 Å². The zero-order valence-corrected chi connectivity index (χ0v) is 83.0. The molecule has 6 aromatic carbocycles. The number of hydrogen-bond donors (Lipinski definition) is 9. The molecule has 26 nitrogen and oxygen atoms in total. The van der Waals surface area contributed by atoms with Crippen LogP contribution < -0.4 is 24.8 Å². The number of para-hydroxylation sites is 2. The molecule has 9 N–H and O–H groups in total. The van der Waals surface area contributed by atoms with E-state index >= 15 is 0 Å². The molecule has 6 heterocycles. The highest BCUT2D eigenvalue weighted by molar-refractivity contribution is 8.00. The molecule has 6 aromatic heterocycles. The Morgan fingerprint density at radius 1 is 0.412 bits per heavy atom. The van der Waals surface area contributed by atoms with E-state index in [0.717, 1.165) is 184 Å². The Morgan fingerprint density at radius 2 is 0.750 bits per heavy atom. The first-order chi connectivity index (χ1) is 64.9. The number of anilines is 2. The molecule has 1 unspecified atom stereocenters. The van der Waals surface area contributed by atoms with Gasteiger partial charge in [0.1, 0.15) is 11.5 Å². The van der Waals surface area contributed by atoms with Gasteiger partial charge in [0.2, 0.25) is 5.91 Å². The molecule has 0 fully saturated rings. The summed E-state index contributed by atoms with van der Waals surface area (Å²) in [6.07, 6.45) is 18.3. The lowest BCUT2D eigenvalue weighted by atomic mass is 9.98. The van der Waals surface area contributed by atoms with Crippen molar-refractivity contribution in [1.29, 1.82) is 0 Å². The van der Waals surface area contributed by atoms with Crippen LogP contribution in [0.3, 0.4) is 0 Å². The molecule has 0 bridgehead atoms. The normalized spacial score (nSPS) is 12.0. The summed E-state index contributed by atoms with van der Waals surface area (Å²) in [6, 6.07) is 42.5. The van der Waals surface area contributed by atoms with E-state index in [0.29, 0.717) is 65.5 Å². The maximum atomic E-state index is 13.8. The van der Waals surface area contributed by atoms with Crippen molar-refractivity contribution < 1.29 is 54.0 Å². The number of H-pyrrole nitrogens is 6. The first kappa shape index (κ1) is 111. The quantitative estimate of drug-likeness (QED) is 0.0127. The second-order valence-electron chi connectivity index (χ2n) is 34.4. The number of aromatic amines is 6. The van der Waals surface area contributed by atoms with Crippen LogP contribution >= 0.6 is 0 Å². The van der Waals surface area contributed by atoms with Crippen molar-refractivity contribution in [2.75, 3.05) is 104 Å². The smallest absolute Gasteiger partial charge is 0.432 e. The number of carbonyl (C=O) groups excluding carboxylic acids is 2. The number of amides is 2. The molecule has 12 rings (SSSR count). The number of hydrogen-bond acceptors (Lipinski definition) is 17. The van der Waals surface area contributed by atoms with Crippen LogP contribution in [-0.2, 0) is 59.7 Å². The Morgan fingerprint density at radius 3 is 1.13 bits per heavy atom. The predicted octanol–water partition coefficient (Wildman–Crippen LogP) is 22.2. The number of unbranched alkanes of at least 4 members (excludes halogenated alkanes) is 6. The van der Waals surface area contributed by atoms with Crippen molar-refractivity contribution >= 4 is 38.8 Å². The number of alkyl halides is 7. The summed E-state index contributed by atoms with van der Waals surface area (Å²) >= 11 is 0. The highest BCUT2D eigenvalue weighted by atomic mass is 32.2. The van der Waals surface area contributed by atoms with Crippen molar-refractivity contribution in [1.82, 2.24) is 95.9 Å². The van der Waals surface area contributed by atoms with Crippen LogP contribution in [-0.4, -0.2) is 219 Å². The molecular formula is C102H142F7N21O5S. The van der Waals surface area contributed by atoms with Gasteiger partial charge in [-0.15, -0.1) is 13.2 Å². The third kappa shape index (κ3) is 38.8. The molecule has 0 aliphatic carbocycles. The molecule has 0 saturated heterocycles. The summed E-state index contributed by atoms with van der Waals surface area (Å²) in [5, 5.41) is 48.3. The standard InChI is InChI=1S/C18H26N4O.C17H23F2N3O.C17H23F2N3.C17H26N4OS.C17H24N4O.C16H20F3N3O/c1-4-6-10-22(3)13-16-12-20-21-17(16)14-8-7-9-15(11-14)18(23)19-5-2;1-4-5-10-22(3)12-13-11-20-21-16(13)14-8-6-7-9-15(14)23-17(2,18)19;1-4-5-10-22(3)12-13-11-20-21-16(13)14-8-6-7-9-15(14)17(2,18)19;1-5-6-11-21(2)13-14-12-18-19-17(14)15-9-7-8-10-16(15)20-23(3,4)22;1-4-5-9-21(3)12-15-11-18-20-17(15)14-7-6-8-16(10-14)19-13(2)22;1-3-4-8-22(2)11-13-10-20-21-15(13)12-6-5-7-14(9-12)23-16(17,18)19/h7-9,11-12H,4-6,10,13H2,1-3H3,(H,19,23)(H,20,21);6-9,11H,4-5,10,12H2,1-3H3,(H,20,21);6-9,11H,4-5,10,12H2,1-3H3,(H,20,21);7-10,12H,3,5-6,11,13H2,1-2,4H3,(H,18,19)(H,20,22);6-8,10-11H,4-5,9,12H2,1-3H3,(H,18,20)(H,19,22);5-7,9-10H,3-4,8,11H2,1-2H3,(H,20,21). The van der Waals surface area contributed by atoms with E-state index in [2.05, 4.69) is 179 Å². The van der Waals surface area contributed by atoms with E-state index in [1.807, 2.05) is 119 Å². The van der Waals surface area contributed by atoms with Gasteiger partial charge in [-0.3, -0.25) is 40.2 Å². The van der Waals surface area contributed by atoms with Crippen LogP contribution in [0.15, 0.2) is 183 Å². The summed E-state index contributed by atoms with van der Waals surface area (Å²) < 4.78 is 115. The number of benzene rings is 6. The highest BCUT2D eigenvalue weighted by Gasteiger charge is 2.33. The Hall–Kier alpha value is -11.8. The first-order valence-electron chi connectivity index (χ1n) is 46.6. The fourth-order valence-corrected chi connectivity index (χ4v) is 15.4. The topological polar surface area (TPSA) is 297 Å². The van der Waals surface area contributed by atoms with Gasteiger partial charge < -0.3 is 54.2 Å². The monoisotopic (exact) mass is 1910 g/mol. The third-order valence-corrected chi connectivity index (χ3v) is 22.2. The van der Waals surface area contributed by atoms with Crippen LogP contribution in [0.5, 0.6) is 11.5 Å². The molecule has 0 aliphatic rings. The van der Waals surface area contributed by atoms with E-state index in [4.69, 9.17) is 4.74 Å². The lowest BCUT2D eigenvalue weighted by molar-refractivity contribution is -0.274. The van der Waals surface area contributed by atoms with Crippen molar-refractivity contribution in [2.24, 2.45) is 0 Å². The summed E-state index contributed by atoms with van der Waals surface area (Å²) in [7, 11) is 10.1. The molecule has 740 valence electrons. The molecule has 1 atom stereocenters. The van der Waals surface area contributed by atoms with Gasteiger partial charge in [-0.2, -0.15) is 39.4 Å². The van der Waals surface area contributed by atoms with Gasteiger partial charge in [0.25, 0.3) is 11.8 Å². The summed E-state index contributed by atoms with van der Waals surface area (Å²) in [5.74, 6) is 0.579. The van der Waals surface area contributed by atoms with Crippen LogP contribution in [0, 0.1) is 0 Å². The largest absolute Gasteiger partial charge is 0.573 e. The molecular weight excluding hydrogens is 1760 g/mol. The maximum Gasteiger partial charge on any atom is 0.573 e. The average molecular weight is 1910 g/mol. The number of halogens is 7. The second-order valence-corrected chi connectivity index (χ2v) is 36.7.